The van der Waals surface area contributed by atoms with Crippen LogP contribution in [0.15, 0.2) is 24.3 Å². The highest BCUT2D eigenvalue weighted by molar-refractivity contribution is 7.17. The molecule has 0 amide bonds. The molecule has 0 saturated heterocycles. The van der Waals surface area contributed by atoms with Gasteiger partial charge in [-0.2, -0.15) is 0 Å². The van der Waals surface area contributed by atoms with E-state index in [1.807, 2.05) is 12.2 Å². The average Bonchev–Trinajstić information content (AvgIpc) is 2.09. The Hall–Kier alpha value is -0.420. The maximum atomic E-state index is 7.15. The molecule has 0 spiro atoms. The molecule has 15 heavy (non-hydrogen) atoms. The molecule has 2 heteroatoms. The van der Waals surface area contributed by atoms with E-state index in [-0.39, 0.29) is 0 Å². The van der Waals surface area contributed by atoms with E-state index in [0.29, 0.717) is 17.0 Å². The van der Waals surface area contributed by atoms with Crippen LogP contribution < -0.4 is 0 Å². The summed E-state index contributed by atoms with van der Waals surface area (Å²) < 4.78 is 0. The number of hydrogen-bond donors (Lipinski definition) is 1. The molecule has 0 fully saturated rings. The molecule has 0 aromatic carbocycles. The lowest BCUT2D eigenvalue weighted by molar-refractivity contribution is 0.319. The van der Waals surface area contributed by atoms with Crippen LogP contribution in [0.4, 0.5) is 0 Å². The van der Waals surface area contributed by atoms with Crippen molar-refractivity contribution in [2.75, 3.05) is 0 Å². The van der Waals surface area contributed by atoms with Crippen molar-refractivity contribution in [2.45, 2.75) is 39.8 Å². The van der Waals surface area contributed by atoms with Crippen LogP contribution in [0.25, 0.3) is 0 Å². The second-order valence-electron chi connectivity index (χ2n) is 5.27. The smallest absolute Gasteiger partial charge is 0.0180 e. The van der Waals surface area contributed by atoms with Gasteiger partial charge >= 0.3 is 0 Å². The number of allylic oxidation sites excluding steroid dienone is 3. The molecule has 3 atom stereocenters. The van der Waals surface area contributed by atoms with Crippen molar-refractivity contribution < 1.29 is 0 Å². The zero-order valence-corrected chi connectivity index (χ0v) is 11.5. The molecular weight excluding hydrogens is 201 g/mol. The maximum Gasteiger partial charge on any atom is 0.0180 e. The van der Waals surface area contributed by atoms with Crippen molar-refractivity contribution in [3.05, 3.63) is 24.3 Å². The van der Waals surface area contributed by atoms with Gasteiger partial charge in [-0.1, -0.05) is 40.3 Å². The predicted molar refractivity (Wildman–Crippen MR) is 73.8 cm³/mol. The molecule has 0 aliphatic heterocycles. The number of hydrogen-bond acceptors (Lipinski definition) is 1. The Kier molecular flexibility index (Phi) is 6.05. The molecule has 0 rings (SSSR count). The average molecular weight is 225 g/mol. The Morgan fingerprint density at radius 1 is 1.47 bits per heavy atom. The molecule has 0 saturated carbocycles. The Morgan fingerprint density at radius 3 is 2.27 bits per heavy atom. The first-order chi connectivity index (χ1) is 6.81. The topological polar surface area (TPSA) is 23.9 Å². The first kappa shape index (κ1) is 14.6. The molecule has 0 heterocycles. The highest BCUT2D eigenvalue weighted by Crippen LogP contribution is 2.34. The second kappa shape index (κ2) is 6.23. The molecule has 1 nitrogen and oxygen atoms in total. The summed E-state index contributed by atoms with van der Waals surface area (Å²) in [5.41, 5.74) is 1.98. The summed E-state index contributed by atoms with van der Waals surface area (Å²) in [5, 5.41) is 7.15. The third kappa shape index (κ3) is 5.89. The normalized spacial score (nSPS) is 17.0. The maximum absolute atomic E-state index is 7.15. The van der Waals surface area contributed by atoms with Crippen LogP contribution in [-0.2, 0) is 0 Å². The SMILES string of the molecule is C=C/C(=C\C=N)C(CC(C)(C)C)C(C)P. The van der Waals surface area contributed by atoms with E-state index in [0.717, 1.165) is 6.42 Å². The number of nitrogens with one attached hydrogen (secondary N) is 1. The van der Waals surface area contributed by atoms with Crippen LogP contribution in [0.3, 0.4) is 0 Å². The summed E-state index contributed by atoms with van der Waals surface area (Å²) in [4.78, 5) is 0. The minimum atomic E-state index is 0.305. The first-order valence-corrected chi connectivity index (χ1v) is 6.07. The molecule has 0 aromatic rings. The monoisotopic (exact) mass is 225 g/mol. The van der Waals surface area contributed by atoms with E-state index >= 15 is 0 Å². The quantitative estimate of drug-likeness (QED) is 0.414. The Bertz CT molecular complexity index is 246. The van der Waals surface area contributed by atoms with Gasteiger partial charge in [-0.25, -0.2) is 0 Å². The fraction of sp³-hybridized carbons (Fsp3) is 0.615. The summed E-state index contributed by atoms with van der Waals surface area (Å²) in [6, 6.07) is 0. The summed E-state index contributed by atoms with van der Waals surface area (Å²) in [5.74, 6) is 0.467. The second-order valence-corrected chi connectivity index (χ2v) is 6.32. The van der Waals surface area contributed by atoms with Gasteiger partial charge in [0, 0.05) is 6.21 Å². The molecule has 1 N–H and O–H groups in total. The molecule has 3 unspecified atom stereocenters. The van der Waals surface area contributed by atoms with Crippen LogP contribution >= 0.6 is 9.24 Å². The Morgan fingerprint density at radius 2 is 2.00 bits per heavy atom. The lowest BCUT2D eigenvalue weighted by Gasteiger charge is -2.29. The summed E-state index contributed by atoms with van der Waals surface area (Å²) in [6.07, 6.45) is 6.19. The molecule has 0 aromatic heterocycles. The van der Waals surface area contributed by atoms with Gasteiger partial charge in [0.2, 0.25) is 0 Å². The van der Waals surface area contributed by atoms with Crippen LogP contribution in [0.1, 0.15) is 34.1 Å². The third-order valence-electron chi connectivity index (χ3n) is 2.41. The lowest BCUT2D eigenvalue weighted by Crippen LogP contribution is -2.20. The largest absolute Gasteiger partial charge is 0.309 e. The standard InChI is InChI=1S/C13H24NP/c1-6-11(7-8-14)12(10(2)15)9-13(3,4)5/h6-8,10,12,14H,1,9,15H2,2-5H3/b11-7+,14-8?. The van der Waals surface area contributed by atoms with Crippen molar-refractivity contribution in [1.82, 2.24) is 0 Å². The minimum Gasteiger partial charge on any atom is -0.309 e. The van der Waals surface area contributed by atoms with Crippen molar-refractivity contribution in [3.8, 4) is 0 Å². The van der Waals surface area contributed by atoms with Gasteiger partial charge in [0.1, 0.15) is 0 Å². The van der Waals surface area contributed by atoms with Gasteiger partial charge in [-0.3, -0.25) is 0 Å². The van der Waals surface area contributed by atoms with Gasteiger partial charge in [-0.15, -0.1) is 9.24 Å². The molecule has 0 aliphatic rings. The van der Waals surface area contributed by atoms with Crippen molar-refractivity contribution in [1.29, 1.82) is 5.41 Å². The number of rotatable bonds is 5. The van der Waals surface area contributed by atoms with E-state index in [9.17, 15) is 0 Å². The highest BCUT2D eigenvalue weighted by atomic mass is 31.0. The molecule has 0 aliphatic carbocycles. The molecule has 0 bridgehead atoms. The molecular formula is C13H24NP. The minimum absolute atomic E-state index is 0.305. The van der Waals surface area contributed by atoms with Crippen LogP contribution in [0.5, 0.6) is 0 Å². The van der Waals surface area contributed by atoms with Crippen molar-refractivity contribution >= 4 is 15.5 Å². The van der Waals surface area contributed by atoms with Gasteiger partial charge in [0.25, 0.3) is 0 Å². The zero-order valence-electron chi connectivity index (χ0n) is 10.4. The van der Waals surface area contributed by atoms with E-state index < -0.39 is 0 Å². The van der Waals surface area contributed by atoms with Gasteiger partial charge in [-0.05, 0) is 35.1 Å². The highest BCUT2D eigenvalue weighted by Gasteiger charge is 2.23. The van der Waals surface area contributed by atoms with Gasteiger partial charge in [0.05, 0.1) is 0 Å². The molecule has 86 valence electrons. The van der Waals surface area contributed by atoms with E-state index in [1.54, 1.807) is 0 Å². The zero-order chi connectivity index (χ0) is 12.1. The summed E-state index contributed by atoms with van der Waals surface area (Å²) in [7, 11) is 2.86. The Labute approximate surface area is 96.8 Å². The van der Waals surface area contributed by atoms with Crippen LogP contribution in [-0.4, -0.2) is 11.9 Å². The third-order valence-corrected chi connectivity index (χ3v) is 2.87. The van der Waals surface area contributed by atoms with Crippen molar-refractivity contribution in [3.63, 3.8) is 0 Å². The summed E-state index contributed by atoms with van der Waals surface area (Å²) in [6.45, 7) is 12.8. The predicted octanol–water partition coefficient (Wildman–Crippen LogP) is 4.06. The fourth-order valence-electron chi connectivity index (χ4n) is 1.71. The first-order valence-electron chi connectivity index (χ1n) is 5.40. The van der Waals surface area contributed by atoms with Gasteiger partial charge < -0.3 is 5.41 Å². The van der Waals surface area contributed by atoms with Crippen LogP contribution in [0, 0.1) is 16.7 Å². The Balaban J connectivity index is 4.87. The van der Waals surface area contributed by atoms with E-state index in [1.165, 1.54) is 11.8 Å². The lowest BCUT2D eigenvalue weighted by atomic mass is 9.79. The van der Waals surface area contributed by atoms with Crippen LogP contribution in [0.2, 0.25) is 0 Å². The molecule has 0 radical (unpaired) electrons. The van der Waals surface area contributed by atoms with Gasteiger partial charge in [0.15, 0.2) is 0 Å². The summed E-state index contributed by atoms with van der Waals surface area (Å²) >= 11 is 0. The fourth-order valence-corrected chi connectivity index (χ4v) is 2.06. The van der Waals surface area contributed by atoms with Crippen molar-refractivity contribution in [2.24, 2.45) is 11.3 Å². The van der Waals surface area contributed by atoms with E-state index in [2.05, 4.69) is 43.5 Å². The van der Waals surface area contributed by atoms with E-state index in [4.69, 9.17) is 5.41 Å².